The molecular formula is C18H19F3N4O5S2. The summed E-state index contributed by atoms with van der Waals surface area (Å²) in [5.74, 6) is -2.57. The highest BCUT2D eigenvalue weighted by molar-refractivity contribution is 8.01. The second kappa shape index (κ2) is 8.73. The van der Waals surface area contributed by atoms with Crippen LogP contribution in [-0.2, 0) is 14.4 Å². The van der Waals surface area contributed by atoms with Crippen molar-refractivity contribution in [1.29, 1.82) is 0 Å². The van der Waals surface area contributed by atoms with Gasteiger partial charge in [0.15, 0.2) is 0 Å². The maximum absolute atomic E-state index is 12.9. The van der Waals surface area contributed by atoms with E-state index in [1.165, 1.54) is 28.8 Å². The zero-order valence-electron chi connectivity index (χ0n) is 16.7. The lowest BCUT2D eigenvalue weighted by molar-refractivity contribution is -0.161. The summed E-state index contributed by atoms with van der Waals surface area (Å²) >= 11 is 0.444. The third kappa shape index (κ3) is 4.90. The number of benzene rings is 1. The van der Waals surface area contributed by atoms with Crippen LogP contribution in [0.5, 0.6) is 0 Å². The minimum atomic E-state index is -4.71. The molecule has 4 unspecified atom stereocenters. The molecular weight excluding hydrogens is 473 g/mol. The van der Waals surface area contributed by atoms with E-state index in [4.69, 9.17) is 0 Å². The number of hydrogen-bond donors (Lipinski definition) is 4. The van der Waals surface area contributed by atoms with Crippen molar-refractivity contribution in [2.75, 3.05) is 0 Å². The van der Waals surface area contributed by atoms with E-state index >= 15 is 0 Å². The monoisotopic (exact) mass is 492 g/mol. The van der Waals surface area contributed by atoms with Crippen LogP contribution in [0.2, 0.25) is 0 Å². The van der Waals surface area contributed by atoms with Crippen LogP contribution in [0.3, 0.4) is 0 Å². The lowest BCUT2D eigenvalue weighted by Gasteiger charge is -2.44. The van der Waals surface area contributed by atoms with Crippen molar-refractivity contribution in [3.8, 4) is 0 Å². The Morgan fingerprint density at radius 3 is 2.41 bits per heavy atom. The second-order valence-corrected chi connectivity index (χ2v) is 10.2. The van der Waals surface area contributed by atoms with Crippen LogP contribution in [0.1, 0.15) is 25.5 Å². The van der Waals surface area contributed by atoms with Gasteiger partial charge in [-0.05, 0) is 19.4 Å². The Labute approximate surface area is 189 Å². The lowest BCUT2D eigenvalue weighted by Crippen LogP contribution is -2.71. The largest absolute Gasteiger partial charge is 0.480 e. The molecule has 0 bridgehead atoms. The third-order valence-electron chi connectivity index (χ3n) is 4.90. The van der Waals surface area contributed by atoms with Crippen molar-refractivity contribution >= 4 is 47.5 Å². The number of hydrogen-bond acceptors (Lipinski definition) is 6. The van der Waals surface area contributed by atoms with E-state index in [0.717, 1.165) is 0 Å². The molecule has 4 N–H and O–H groups in total. The minimum Gasteiger partial charge on any atom is -0.480 e. The molecule has 1 aromatic rings. The highest BCUT2D eigenvalue weighted by Crippen LogP contribution is 2.50. The van der Waals surface area contributed by atoms with Gasteiger partial charge in [0, 0.05) is 4.75 Å². The fourth-order valence-corrected chi connectivity index (χ4v) is 5.49. The molecule has 0 saturated carbocycles. The number of amides is 4. The maximum atomic E-state index is 12.9. The number of β-lactam (4-membered cyclic amide) rings is 1. The predicted octanol–water partition coefficient (Wildman–Crippen LogP) is 1.83. The molecule has 14 heteroatoms. The number of carboxylic acids is 1. The van der Waals surface area contributed by atoms with Gasteiger partial charge in [0.1, 0.15) is 23.5 Å². The van der Waals surface area contributed by atoms with Crippen molar-refractivity contribution in [3.63, 3.8) is 0 Å². The molecule has 2 aliphatic heterocycles. The van der Waals surface area contributed by atoms with E-state index in [0.29, 0.717) is 0 Å². The van der Waals surface area contributed by atoms with E-state index in [1.54, 1.807) is 36.8 Å². The number of thioether (sulfide) groups is 1. The predicted molar refractivity (Wildman–Crippen MR) is 110 cm³/mol. The standard InChI is InChI=1S/C18H19F3N4O5S2/c1-17(2)11(15(28)29)25-13(27)10(14(25)31-17)22-12(26)9(8-6-4-3-5-7-8)23-16(30)24-32-18(19,20)21/h3-7,9-11,14H,1-2H3,(H,22,26)(H,28,29)(H2,23,24,30). The van der Waals surface area contributed by atoms with Gasteiger partial charge in [0.05, 0.1) is 11.9 Å². The van der Waals surface area contributed by atoms with Gasteiger partial charge in [-0.1, -0.05) is 30.3 Å². The number of nitrogens with one attached hydrogen (secondary N) is 3. The molecule has 0 radical (unpaired) electrons. The van der Waals surface area contributed by atoms with Crippen molar-refractivity contribution in [2.24, 2.45) is 0 Å². The summed E-state index contributed by atoms with van der Waals surface area (Å²) < 4.78 is 37.8. The summed E-state index contributed by atoms with van der Waals surface area (Å²) in [7, 11) is 0. The summed E-state index contributed by atoms with van der Waals surface area (Å²) in [6.07, 6.45) is 0. The molecule has 3 rings (SSSR count). The number of aliphatic carboxylic acids is 1. The van der Waals surface area contributed by atoms with Crippen LogP contribution in [-0.4, -0.2) is 61.5 Å². The zero-order valence-corrected chi connectivity index (χ0v) is 18.3. The molecule has 2 fully saturated rings. The Morgan fingerprint density at radius 2 is 1.84 bits per heavy atom. The molecule has 4 atom stereocenters. The van der Waals surface area contributed by atoms with Crippen molar-refractivity contribution in [3.05, 3.63) is 35.9 Å². The number of carboxylic acid groups (broad SMARTS) is 1. The van der Waals surface area contributed by atoms with Crippen molar-refractivity contribution < 1.29 is 37.5 Å². The number of alkyl halides is 3. The number of urea groups is 1. The fourth-order valence-electron chi connectivity index (χ4n) is 3.59. The first-order valence-corrected chi connectivity index (χ1v) is 10.9. The first kappa shape index (κ1) is 24.0. The molecule has 0 spiro atoms. The Hall–Kier alpha value is -2.61. The molecule has 1 aromatic carbocycles. The number of carbonyl (C=O) groups is 4. The number of carbonyl (C=O) groups excluding carboxylic acids is 3. The molecule has 2 saturated heterocycles. The molecule has 0 aromatic heterocycles. The van der Waals surface area contributed by atoms with Gasteiger partial charge in [0.25, 0.3) is 0 Å². The summed E-state index contributed by atoms with van der Waals surface area (Å²) in [5, 5.41) is 13.5. The van der Waals surface area contributed by atoms with Gasteiger partial charge in [-0.2, -0.15) is 13.2 Å². The molecule has 32 heavy (non-hydrogen) atoms. The van der Waals surface area contributed by atoms with Gasteiger partial charge in [-0.25, -0.2) is 9.59 Å². The van der Waals surface area contributed by atoms with Crippen LogP contribution in [0.25, 0.3) is 0 Å². The van der Waals surface area contributed by atoms with Crippen molar-refractivity contribution in [2.45, 2.75) is 47.6 Å². The van der Waals surface area contributed by atoms with E-state index < -0.39 is 69.5 Å². The molecule has 2 aliphatic rings. The minimum absolute atomic E-state index is 0.281. The van der Waals surface area contributed by atoms with Gasteiger partial charge in [-0.3, -0.25) is 14.3 Å². The van der Waals surface area contributed by atoms with Gasteiger partial charge >= 0.3 is 17.5 Å². The topological polar surface area (TPSA) is 128 Å². The summed E-state index contributed by atoms with van der Waals surface area (Å²) in [6, 6.07) is 3.04. The zero-order chi connectivity index (χ0) is 23.8. The Bertz CT molecular complexity index is 931. The molecule has 4 amide bonds. The quantitative estimate of drug-likeness (QED) is 0.352. The molecule has 0 aliphatic carbocycles. The van der Waals surface area contributed by atoms with Crippen LogP contribution < -0.4 is 15.4 Å². The van der Waals surface area contributed by atoms with Crippen LogP contribution in [0, 0.1) is 0 Å². The first-order valence-electron chi connectivity index (χ1n) is 9.21. The molecule has 2 heterocycles. The normalized spacial score (nSPS) is 24.7. The highest BCUT2D eigenvalue weighted by Gasteiger charge is 2.64. The van der Waals surface area contributed by atoms with Gasteiger partial charge in [-0.15, -0.1) is 11.8 Å². The summed E-state index contributed by atoms with van der Waals surface area (Å²) in [5.41, 5.74) is -4.43. The smallest absolute Gasteiger partial charge is 0.461 e. The Kier molecular flexibility index (Phi) is 6.56. The van der Waals surface area contributed by atoms with Gasteiger partial charge < -0.3 is 20.6 Å². The summed E-state index contributed by atoms with van der Waals surface area (Å²) in [4.78, 5) is 50.2. The Balaban J connectivity index is 1.73. The Morgan fingerprint density at radius 1 is 1.22 bits per heavy atom. The molecule has 174 valence electrons. The SMILES string of the molecule is CC1(C)SC2C(NC(=O)C(NC(=O)NSC(F)(F)F)c3ccccc3)C(=O)N2C1C(=O)O. The van der Waals surface area contributed by atoms with Gasteiger partial charge in [0.2, 0.25) is 11.8 Å². The number of halogens is 3. The highest BCUT2D eigenvalue weighted by atomic mass is 32.2. The van der Waals surface area contributed by atoms with E-state index in [9.17, 15) is 37.5 Å². The molecule has 9 nitrogen and oxygen atoms in total. The number of nitrogens with zero attached hydrogens (tertiary/aromatic N) is 1. The summed E-state index contributed by atoms with van der Waals surface area (Å²) in [6.45, 7) is 3.36. The third-order valence-corrected chi connectivity index (χ3v) is 6.99. The van der Waals surface area contributed by atoms with Crippen LogP contribution >= 0.6 is 23.7 Å². The lowest BCUT2D eigenvalue weighted by atomic mass is 9.95. The van der Waals surface area contributed by atoms with E-state index in [2.05, 4.69) is 10.6 Å². The van der Waals surface area contributed by atoms with E-state index in [1.807, 2.05) is 0 Å². The number of rotatable bonds is 6. The van der Waals surface area contributed by atoms with E-state index in [-0.39, 0.29) is 5.56 Å². The number of fused-ring (bicyclic) bond motifs is 1. The first-order chi connectivity index (χ1) is 14.8. The van der Waals surface area contributed by atoms with Crippen molar-refractivity contribution in [1.82, 2.24) is 20.3 Å². The maximum Gasteiger partial charge on any atom is 0.461 e. The average molecular weight is 493 g/mol. The van der Waals surface area contributed by atoms with Crippen LogP contribution in [0.15, 0.2) is 30.3 Å². The second-order valence-electron chi connectivity index (χ2n) is 7.55. The fraction of sp³-hybridized carbons (Fsp3) is 0.444. The van der Waals surface area contributed by atoms with Crippen LogP contribution in [0.4, 0.5) is 18.0 Å². The average Bonchev–Trinajstić information content (AvgIpc) is 2.96.